The Hall–Kier alpha value is -1.32. The van der Waals surface area contributed by atoms with Crippen molar-refractivity contribution in [3.63, 3.8) is 0 Å². The summed E-state index contributed by atoms with van der Waals surface area (Å²) in [7, 11) is 0. The van der Waals surface area contributed by atoms with Crippen molar-refractivity contribution in [2.45, 2.75) is 44.6 Å². The minimum atomic E-state index is -0.835. The molecule has 1 aliphatic rings. The van der Waals surface area contributed by atoms with E-state index in [2.05, 4.69) is 18.7 Å². The molecule has 1 aliphatic heterocycles. The van der Waals surface area contributed by atoms with Gasteiger partial charge >= 0.3 is 0 Å². The summed E-state index contributed by atoms with van der Waals surface area (Å²) in [6.07, 6.45) is 5.56. The summed E-state index contributed by atoms with van der Waals surface area (Å²) >= 11 is 0. The van der Waals surface area contributed by atoms with Crippen molar-refractivity contribution in [2.75, 3.05) is 6.61 Å². The SMILES string of the molecule is C=CCCCC(C#N)(C#N)CCC1(C)CO1. The molecule has 0 aromatic rings. The van der Waals surface area contributed by atoms with Gasteiger partial charge < -0.3 is 4.74 Å². The van der Waals surface area contributed by atoms with Crippen molar-refractivity contribution in [3.8, 4) is 12.1 Å². The number of nitrogens with zero attached hydrogens (tertiary/aromatic N) is 2. The second-order valence-electron chi connectivity index (χ2n) is 4.73. The molecule has 0 amide bonds. The monoisotopic (exact) mass is 218 g/mol. The van der Waals surface area contributed by atoms with E-state index in [0.717, 1.165) is 25.9 Å². The molecule has 16 heavy (non-hydrogen) atoms. The molecule has 0 aromatic heterocycles. The van der Waals surface area contributed by atoms with E-state index in [4.69, 9.17) is 15.3 Å². The highest BCUT2D eigenvalue weighted by molar-refractivity contribution is 5.14. The van der Waals surface area contributed by atoms with Crippen LogP contribution in [0.15, 0.2) is 12.7 Å². The zero-order valence-corrected chi connectivity index (χ0v) is 9.83. The fourth-order valence-electron chi connectivity index (χ4n) is 1.67. The number of allylic oxidation sites excluding steroid dienone is 1. The lowest BCUT2D eigenvalue weighted by Crippen LogP contribution is -2.19. The van der Waals surface area contributed by atoms with Gasteiger partial charge in [-0.15, -0.1) is 6.58 Å². The van der Waals surface area contributed by atoms with Gasteiger partial charge in [0.2, 0.25) is 0 Å². The number of unbranched alkanes of at least 4 members (excludes halogenated alkanes) is 1. The molecule has 3 nitrogen and oxygen atoms in total. The molecule has 0 aliphatic carbocycles. The fraction of sp³-hybridized carbons (Fsp3) is 0.692. The van der Waals surface area contributed by atoms with Gasteiger partial charge in [-0.3, -0.25) is 0 Å². The van der Waals surface area contributed by atoms with Crippen LogP contribution in [0.5, 0.6) is 0 Å². The van der Waals surface area contributed by atoms with Crippen LogP contribution in [0.1, 0.15) is 39.0 Å². The van der Waals surface area contributed by atoms with E-state index in [-0.39, 0.29) is 5.60 Å². The van der Waals surface area contributed by atoms with Crippen molar-refractivity contribution in [1.29, 1.82) is 10.5 Å². The summed E-state index contributed by atoms with van der Waals surface area (Å²) in [6.45, 7) is 6.42. The van der Waals surface area contributed by atoms with E-state index >= 15 is 0 Å². The molecule has 0 bridgehead atoms. The summed E-state index contributed by atoms with van der Waals surface area (Å²) in [5.74, 6) is 0. The van der Waals surface area contributed by atoms with Gasteiger partial charge in [-0.1, -0.05) is 6.08 Å². The second-order valence-corrected chi connectivity index (χ2v) is 4.73. The maximum Gasteiger partial charge on any atom is 0.144 e. The molecule has 1 unspecified atom stereocenters. The first-order valence-electron chi connectivity index (χ1n) is 5.67. The summed E-state index contributed by atoms with van der Waals surface area (Å²) in [4.78, 5) is 0. The number of rotatable bonds is 7. The summed E-state index contributed by atoms with van der Waals surface area (Å²) in [6, 6.07) is 4.35. The van der Waals surface area contributed by atoms with Crippen molar-refractivity contribution in [2.24, 2.45) is 5.41 Å². The van der Waals surface area contributed by atoms with Gasteiger partial charge in [0.15, 0.2) is 0 Å². The van der Waals surface area contributed by atoms with E-state index in [1.165, 1.54) is 0 Å². The minimum absolute atomic E-state index is 0.0720. The molecule has 1 heterocycles. The number of epoxide rings is 1. The second kappa shape index (κ2) is 5.14. The van der Waals surface area contributed by atoms with Crippen LogP contribution in [-0.2, 0) is 4.74 Å². The topological polar surface area (TPSA) is 60.1 Å². The summed E-state index contributed by atoms with van der Waals surface area (Å²) < 4.78 is 5.27. The first kappa shape index (κ1) is 12.7. The van der Waals surface area contributed by atoms with E-state index in [0.29, 0.717) is 12.8 Å². The normalized spacial score (nSPS) is 23.2. The van der Waals surface area contributed by atoms with Crippen LogP contribution >= 0.6 is 0 Å². The average molecular weight is 218 g/mol. The number of nitriles is 2. The third kappa shape index (κ3) is 3.36. The molecular weight excluding hydrogens is 200 g/mol. The van der Waals surface area contributed by atoms with Crippen LogP contribution in [-0.4, -0.2) is 12.2 Å². The molecule has 0 N–H and O–H groups in total. The van der Waals surface area contributed by atoms with Gasteiger partial charge in [-0.05, 0) is 39.0 Å². The molecule has 1 rings (SSSR count). The Bertz CT molecular complexity index is 317. The van der Waals surface area contributed by atoms with E-state index in [1.54, 1.807) is 0 Å². The predicted molar refractivity (Wildman–Crippen MR) is 61.3 cm³/mol. The van der Waals surface area contributed by atoms with E-state index < -0.39 is 5.41 Å². The number of hydrogen-bond donors (Lipinski definition) is 0. The fourth-order valence-corrected chi connectivity index (χ4v) is 1.67. The van der Waals surface area contributed by atoms with Crippen molar-refractivity contribution < 1.29 is 4.74 Å². The molecule has 1 fully saturated rings. The van der Waals surface area contributed by atoms with E-state index in [9.17, 15) is 0 Å². The van der Waals surface area contributed by atoms with Crippen LogP contribution in [0.2, 0.25) is 0 Å². The molecule has 86 valence electrons. The molecule has 0 spiro atoms. The third-order valence-electron chi connectivity index (χ3n) is 3.16. The Morgan fingerprint density at radius 1 is 1.44 bits per heavy atom. The predicted octanol–water partition coefficient (Wildman–Crippen LogP) is 2.95. The minimum Gasteiger partial charge on any atom is -0.370 e. The highest BCUT2D eigenvalue weighted by Gasteiger charge is 2.42. The molecule has 0 radical (unpaired) electrons. The molecule has 0 saturated carbocycles. The highest BCUT2D eigenvalue weighted by Crippen LogP contribution is 2.38. The maximum atomic E-state index is 9.15. The molecular formula is C13H18N2O. The molecule has 0 aromatic carbocycles. The first-order chi connectivity index (χ1) is 7.60. The lowest BCUT2D eigenvalue weighted by atomic mass is 9.79. The third-order valence-corrected chi connectivity index (χ3v) is 3.16. The Morgan fingerprint density at radius 2 is 2.06 bits per heavy atom. The lowest BCUT2D eigenvalue weighted by molar-refractivity contribution is 0.277. The standard InChI is InChI=1S/C13H18N2O/c1-3-4-5-6-13(9-14,10-15)8-7-12(2)11-16-12/h3H,1,4-8,11H2,2H3. The van der Waals surface area contributed by atoms with Crippen molar-refractivity contribution >= 4 is 0 Å². The van der Waals surface area contributed by atoms with Crippen LogP contribution < -0.4 is 0 Å². The van der Waals surface area contributed by atoms with Gasteiger partial charge in [-0.25, -0.2) is 0 Å². The number of ether oxygens (including phenoxy) is 1. The van der Waals surface area contributed by atoms with Gasteiger partial charge in [0, 0.05) is 0 Å². The quantitative estimate of drug-likeness (QED) is 0.375. The Kier molecular flexibility index (Phi) is 4.10. The highest BCUT2D eigenvalue weighted by atomic mass is 16.6. The van der Waals surface area contributed by atoms with Crippen LogP contribution in [0.4, 0.5) is 0 Å². The Balaban J connectivity index is 2.47. The van der Waals surface area contributed by atoms with Crippen LogP contribution in [0, 0.1) is 28.1 Å². The van der Waals surface area contributed by atoms with Crippen LogP contribution in [0.3, 0.4) is 0 Å². The van der Waals surface area contributed by atoms with Crippen LogP contribution in [0.25, 0.3) is 0 Å². The zero-order chi connectivity index (χ0) is 12.1. The first-order valence-corrected chi connectivity index (χ1v) is 5.67. The van der Waals surface area contributed by atoms with Crippen molar-refractivity contribution in [1.82, 2.24) is 0 Å². The largest absolute Gasteiger partial charge is 0.370 e. The number of hydrogen-bond acceptors (Lipinski definition) is 3. The lowest BCUT2D eigenvalue weighted by Gasteiger charge is -2.19. The zero-order valence-electron chi connectivity index (χ0n) is 9.83. The molecule has 1 saturated heterocycles. The van der Waals surface area contributed by atoms with Gasteiger partial charge in [0.05, 0.1) is 24.3 Å². The Labute approximate surface area is 97.3 Å². The molecule has 1 atom stereocenters. The average Bonchev–Trinajstić information content (AvgIpc) is 3.03. The summed E-state index contributed by atoms with van der Waals surface area (Å²) in [5, 5.41) is 18.3. The Morgan fingerprint density at radius 3 is 2.50 bits per heavy atom. The summed E-state index contributed by atoms with van der Waals surface area (Å²) in [5.41, 5.74) is -0.907. The molecule has 3 heteroatoms. The van der Waals surface area contributed by atoms with E-state index in [1.807, 2.05) is 13.0 Å². The van der Waals surface area contributed by atoms with Crippen molar-refractivity contribution in [3.05, 3.63) is 12.7 Å². The maximum absolute atomic E-state index is 9.15. The van der Waals surface area contributed by atoms with Gasteiger partial charge in [-0.2, -0.15) is 10.5 Å². The van der Waals surface area contributed by atoms with Gasteiger partial charge in [0.1, 0.15) is 5.41 Å². The smallest absolute Gasteiger partial charge is 0.144 e. The van der Waals surface area contributed by atoms with Gasteiger partial charge in [0.25, 0.3) is 0 Å².